The molecule has 33 heavy (non-hydrogen) atoms. The number of hydrogen-bond donors (Lipinski definition) is 0. The second kappa shape index (κ2) is 10.2. The molecule has 1 amide bonds. The Hall–Kier alpha value is -3.08. The lowest BCUT2D eigenvalue weighted by Gasteiger charge is -2.35. The highest BCUT2D eigenvalue weighted by atomic mass is 16.5. The molecule has 174 valence electrons. The average Bonchev–Trinajstić information content (AvgIpc) is 3.44. The minimum Gasteiger partial charge on any atom is -0.497 e. The lowest BCUT2D eigenvalue weighted by Crippen LogP contribution is -2.50. The van der Waals surface area contributed by atoms with E-state index >= 15 is 0 Å². The number of carbonyl (C=O) groups excluding carboxylic acids is 1. The van der Waals surface area contributed by atoms with Crippen LogP contribution in [-0.2, 0) is 9.53 Å². The minimum absolute atomic E-state index is 0.178. The van der Waals surface area contributed by atoms with Crippen molar-refractivity contribution in [3.05, 3.63) is 52.9 Å². The predicted octanol–water partition coefficient (Wildman–Crippen LogP) is 3.33. The molecule has 3 heterocycles. The summed E-state index contributed by atoms with van der Waals surface area (Å²) in [5.74, 6) is 0.609. The number of aryl methyl sites for hydroxylation is 1. The van der Waals surface area contributed by atoms with E-state index in [2.05, 4.69) is 15.5 Å². The molecule has 1 aromatic carbocycles. The number of aromatic nitrogens is 1. The first-order chi connectivity index (χ1) is 16.0. The van der Waals surface area contributed by atoms with Crippen LogP contribution < -0.4 is 4.74 Å². The van der Waals surface area contributed by atoms with E-state index in [1.807, 2.05) is 44.2 Å². The van der Waals surface area contributed by atoms with Crippen LogP contribution >= 0.6 is 0 Å². The number of methoxy groups -OCH3 is 1. The summed E-state index contributed by atoms with van der Waals surface area (Å²) in [5.41, 5.74) is 4.09. The Morgan fingerprint density at radius 3 is 2.55 bits per heavy atom. The Balaban J connectivity index is 1.46. The molecular weight excluding hydrogens is 416 g/mol. The maximum Gasteiger partial charge on any atom is 0.264 e. The number of nitriles is 1. The summed E-state index contributed by atoms with van der Waals surface area (Å²) in [6.45, 7) is 8.72. The first-order valence-corrected chi connectivity index (χ1v) is 11.6. The third-order valence-electron chi connectivity index (χ3n) is 6.60. The van der Waals surface area contributed by atoms with Crippen LogP contribution in [0.25, 0.3) is 11.8 Å². The molecule has 2 aliphatic rings. The van der Waals surface area contributed by atoms with E-state index in [9.17, 15) is 10.1 Å². The predicted molar refractivity (Wildman–Crippen MR) is 127 cm³/mol. The standard InChI is InChI=1S/C26H32N4O3/c1-19-15-21(20(2)30(19)23-6-8-24(32-3)9-7-23)16-22(17-27)26(31)29-12-10-28(11-13-29)18-25-5-4-14-33-25/h6-9,15-16,25H,4-5,10-14,18H2,1-3H3/b22-16-. The van der Waals surface area contributed by atoms with Crippen LogP contribution in [0, 0.1) is 25.2 Å². The van der Waals surface area contributed by atoms with Gasteiger partial charge in [0.05, 0.1) is 13.2 Å². The van der Waals surface area contributed by atoms with E-state index in [0.717, 1.165) is 67.5 Å². The number of amides is 1. The van der Waals surface area contributed by atoms with Crippen molar-refractivity contribution in [1.82, 2.24) is 14.4 Å². The smallest absolute Gasteiger partial charge is 0.264 e. The van der Waals surface area contributed by atoms with Crippen LogP contribution in [0.3, 0.4) is 0 Å². The van der Waals surface area contributed by atoms with Gasteiger partial charge in [-0.1, -0.05) is 0 Å². The van der Waals surface area contributed by atoms with Gasteiger partial charge in [0.25, 0.3) is 5.91 Å². The van der Waals surface area contributed by atoms with Gasteiger partial charge in [-0.15, -0.1) is 0 Å². The summed E-state index contributed by atoms with van der Waals surface area (Å²) >= 11 is 0. The van der Waals surface area contributed by atoms with E-state index in [-0.39, 0.29) is 11.5 Å². The summed E-state index contributed by atoms with van der Waals surface area (Å²) in [7, 11) is 1.65. The maximum atomic E-state index is 13.1. The van der Waals surface area contributed by atoms with Crippen molar-refractivity contribution >= 4 is 12.0 Å². The Labute approximate surface area is 195 Å². The largest absolute Gasteiger partial charge is 0.497 e. The van der Waals surface area contributed by atoms with Crippen molar-refractivity contribution < 1.29 is 14.3 Å². The van der Waals surface area contributed by atoms with Crippen molar-refractivity contribution in [2.75, 3.05) is 46.4 Å². The molecule has 0 spiro atoms. The van der Waals surface area contributed by atoms with Gasteiger partial charge in [-0.25, -0.2) is 0 Å². The monoisotopic (exact) mass is 448 g/mol. The number of hydrogen-bond acceptors (Lipinski definition) is 5. The Bertz CT molecular complexity index is 1050. The van der Waals surface area contributed by atoms with Crippen molar-refractivity contribution in [2.24, 2.45) is 0 Å². The molecule has 2 aromatic rings. The number of nitrogens with zero attached hydrogens (tertiary/aromatic N) is 4. The second-order valence-electron chi connectivity index (χ2n) is 8.76. The topological polar surface area (TPSA) is 70.7 Å². The molecule has 0 N–H and O–H groups in total. The van der Waals surface area contributed by atoms with Crippen molar-refractivity contribution in [3.8, 4) is 17.5 Å². The number of rotatable bonds is 6. The Morgan fingerprint density at radius 2 is 1.94 bits per heavy atom. The fraction of sp³-hybridized carbons (Fsp3) is 0.462. The highest BCUT2D eigenvalue weighted by Crippen LogP contribution is 2.25. The van der Waals surface area contributed by atoms with Gasteiger partial charge in [0.1, 0.15) is 17.4 Å². The van der Waals surface area contributed by atoms with E-state index in [1.54, 1.807) is 18.1 Å². The van der Waals surface area contributed by atoms with E-state index in [0.29, 0.717) is 19.2 Å². The zero-order chi connectivity index (χ0) is 23.4. The molecule has 7 heteroatoms. The zero-order valence-corrected chi connectivity index (χ0v) is 19.7. The first kappa shape index (κ1) is 23.1. The molecule has 0 radical (unpaired) electrons. The summed E-state index contributed by atoms with van der Waals surface area (Å²) in [4.78, 5) is 17.3. The highest BCUT2D eigenvalue weighted by Gasteiger charge is 2.26. The van der Waals surface area contributed by atoms with E-state index in [4.69, 9.17) is 9.47 Å². The molecule has 2 aliphatic heterocycles. The lowest BCUT2D eigenvalue weighted by molar-refractivity contribution is -0.128. The molecule has 0 saturated carbocycles. The summed E-state index contributed by atoms with van der Waals surface area (Å²) in [5, 5.41) is 9.76. The minimum atomic E-state index is -0.191. The molecule has 4 rings (SSSR count). The first-order valence-electron chi connectivity index (χ1n) is 11.6. The van der Waals surface area contributed by atoms with Gasteiger partial charge in [0.2, 0.25) is 0 Å². The van der Waals surface area contributed by atoms with Crippen LogP contribution in [0.2, 0.25) is 0 Å². The Kier molecular flexibility index (Phi) is 7.17. The van der Waals surface area contributed by atoms with E-state index < -0.39 is 0 Å². The van der Waals surface area contributed by atoms with Crippen LogP contribution in [0.4, 0.5) is 0 Å². The van der Waals surface area contributed by atoms with Gasteiger partial charge in [0, 0.05) is 56.4 Å². The summed E-state index contributed by atoms with van der Waals surface area (Å²) < 4.78 is 13.1. The average molecular weight is 449 g/mol. The third-order valence-corrected chi connectivity index (χ3v) is 6.60. The molecule has 1 unspecified atom stereocenters. The molecule has 0 aliphatic carbocycles. The Morgan fingerprint density at radius 1 is 1.21 bits per heavy atom. The molecule has 2 saturated heterocycles. The number of carbonyl (C=O) groups is 1. The third kappa shape index (κ3) is 5.13. The fourth-order valence-corrected chi connectivity index (χ4v) is 4.74. The van der Waals surface area contributed by atoms with E-state index in [1.165, 1.54) is 0 Å². The lowest BCUT2D eigenvalue weighted by atomic mass is 10.1. The van der Waals surface area contributed by atoms with Crippen molar-refractivity contribution in [3.63, 3.8) is 0 Å². The molecule has 2 fully saturated rings. The molecule has 1 aromatic heterocycles. The van der Waals surface area contributed by atoms with Crippen LogP contribution in [0.1, 0.15) is 29.8 Å². The van der Waals surface area contributed by atoms with Crippen LogP contribution in [0.5, 0.6) is 5.75 Å². The van der Waals surface area contributed by atoms with Gasteiger partial charge in [-0.05, 0) is 68.7 Å². The maximum absolute atomic E-state index is 13.1. The van der Waals surface area contributed by atoms with Gasteiger partial charge in [-0.2, -0.15) is 5.26 Å². The van der Waals surface area contributed by atoms with Crippen LogP contribution in [-0.4, -0.2) is 72.8 Å². The van der Waals surface area contributed by atoms with Gasteiger partial charge in [-0.3, -0.25) is 9.69 Å². The summed E-state index contributed by atoms with van der Waals surface area (Å²) in [6.07, 6.45) is 4.31. The zero-order valence-electron chi connectivity index (χ0n) is 19.7. The molecule has 1 atom stereocenters. The van der Waals surface area contributed by atoms with Gasteiger partial charge >= 0.3 is 0 Å². The normalized spacial score (nSPS) is 19.5. The molecular formula is C26H32N4O3. The second-order valence-corrected chi connectivity index (χ2v) is 8.76. The van der Waals surface area contributed by atoms with Crippen molar-refractivity contribution in [2.45, 2.75) is 32.8 Å². The quantitative estimate of drug-likeness (QED) is 0.501. The number of piperazine rings is 1. The van der Waals surface area contributed by atoms with Crippen molar-refractivity contribution in [1.29, 1.82) is 5.26 Å². The fourth-order valence-electron chi connectivity index (χ4n) is 4.74. The number of ether oxygens (including phenoxy) is 2. The van der Waals surface area contributed by atoms with Crippen LogP contribution in [0.15, 0.2) is 35.9 Å². The molecule has 7 nitrogen and oxygen atoms in total. The highest BCUT2D eigenvalue weighted by molar-refractivity contribution is 6.02. The number of benzene rings is 1. The SMILES string of the molecule is COc1ccc(-n2c(C)cc(/C=C(/C#N)C(=O)N3CCN(CC4CCCO4)CC3)c2C)cc1. The molecule has 0 bridgehead atoms. The van der Waals surface area contributed by atoms with Gasteiger partial charge in [0.15, 0.2) is 0 Å². The van der Waals surface area contributed by atoms with Gasteiger partial charge < -0.3 is 18.9 Å². The summed E-state index contributed by atoms with van der Waals surface area (Å²) in [6, 6.07) is 12.0.